The fraction of sp³-hybridized carbons (Fsp3) is 0.727. The molecule has 28 heavy (non-hydrogen) atoms. The molecule has 162 valence electrons. The van der Waals surface area contributed by atoms with E-state index in [4.69, 9.17) is 4.74 Å². The SMILES string of the molecule is CCCCCCCCCC(C)(CCCc1c(F)c(F)c(F)c(F)c1F)OCC. The Morgan fingerprint density at radius 1 is 0.643 bits per heavy atom. The van der Waals surface area contributed by atoms with Gasteiger partial charge in [-0.05, 0) is 39.5 Å². The third kappa shape index (κ3) is 7.34. The highest BCUT2D eigenvalue weighted by Gasteiger charge is 2.27. The maximum absolute atomic E-state index is 13.8. The second kappa shape index (κ2) is 12.4. The van der Waals surface area contributed by atoms with Crippen molar-refractivity contribution in [3.05, 3.63) is 34.6 Å². The van der Waals surface area contributed by atoms with Gasteiger partial charge in [-0.2, -0.15) is 0 Å². The van der Waals surface area contributed by atoms with Crippen LogP contribution in [0.2, 0.25) is 0 Å². The molecule has 0 heterocycles. The highest BCUT2D eigenvalue weighted by atomic mass is 19.2. The Balaban J connectivity index is 2.57. The lowest BCUT2D eigenvalue weighted by atomic mass is 9.90. The molecule has 1 aromatic carbocycles. The quantitative estimate of drug-likeness (QED) is 0.133. The van der Waals surface area contributed by atoms with Crippen LogP contribution in [0.3, 0.4) is 0 Å². The maximum Gasteiger partial charge on any atom is 0.200 e. The van der Waals surface area contributed by atoms with E-state index >= 15 is 0 Å². The van der Waals surface area contributed by atoms with Crippen LogP contribution >= 0.6 is 0 Å². The van der Waals surface area contributed by atoms with E-state index < -0.39 is 40.3 Å². The molecule has 0 N–H and O–H groups in total. The van der Waals surface area contributed by atoms with Crippen LogP contribution in [0.1, 0.15) is 90.5 Å². The van der Waals surface area contributed by atoms with Crippen LogP contribution in [-0.2, 0) is 11.2 Å². The Morgan fingerprint density at radius 2 is 1.11 bits per heavy atom. The second-order valence-corrected chi connectivity index (χ2v) is 7.66. The van der Waals surface area contributed by atoms with E-state index in [1.165, 1.54) is 32.1 Å². The normalized spacial score (nSPS) is 13.7. The van der Waals surface area contributed by atoms with Gasteiger partial charge in [0.05, 0.1) is 5.60 Å². The third-order valence-corrected chi connectivity index (χ3v) is 5.24. The van der Waals surface area contributed by atoms with Crippen LogP contribution in [0, 0.1) is 29.1 Å². The van der Waals surface area contributed by atoms with E-state index in [9.17, 15) is 22.0 Å². The van der Waals surface area contributed by atoms with Gasteiger partial charge >= 0.3 is 0 Å². The Morgan fingerprint density at radius 3 is 1.64 bits per heavy atom. The van der Waals surface area contributed by atoms with Crippen molar-refractivity contribution in [1.29, 1.82) is 0 Å². The second-order valence-electron chi connectivity index (χ2n) is 7.66. The van der Waals surface area contributed by atoms with Gasteiger partial charge in [0.1, 0.15) is 0 Å². The summed E-state index contributed by atoms with van der Waals surface area (Å²) in [5.74, 6) is -9.35. The summed E-state index contributed by atoms with van der Waals surface area (Å²) in [7, 11) is 0. The molecule has 1 aromatic rings. The van der Waals surface area contributed by atoms with E-state index in [2.05, 4.69) is 6.92 Å². The van der Waals surface area contributed by atoms with Gasteiger partial charge in [-0.25, -0.2) is 22.0 Å². The molecule has 0 saturated heterocycles. The van der Waals surface area contributed by atoms with Gasteiger partial charge in [-0.15, -0.1) is 0 Å². The van der Waals surface area contributed by atoms with Crippen molar-refractivity contribution in [3.8, 4) is 0 Å². The fourth-order valence-electron chi connectivity index (χ4n) is 3.58. The van der Waals surface area contributed by atoms with Crippen molar-refractivity contribution in [3.63, 3.8) is 0 Å². The number of unbranched alkanes of at least 4 members (excludes halogenated alkanes) is 6. The lowest BCUT2D eigenvalue weighted by Crippen LogP contribution is -2.29. The van der Waals surface area contributed by atoms with Gasteiger partial charge in [-0.1, -0.05) is 51.9 Å². The summed E-state index contributed by atoms with van der Waals surface area (Å²) in [5, 5.41) is 0. The molecule has 0 fully saturated rings. The Labute approximate surface area is 165 Å². The van der Waals surface area contributed by atoms with E-state index in [0.717, 1.165) is 19.3 Å². The minimum atomic E-state index is -2.11. The van der Waals surface area contributed by atoms with Crippen molar-refractivity contribution >= 4 is 0 Å². The molecule has 1 nitrogen and oxygen atoms in total. The lowest BCUT2D eigenvalue weighted by molar-refractivity contribution is -0.0400. The van der Waals surface area contributed by atoms with E-state index in [1.54, 1.807) is 0 Å². The minimum Gasteiger partial charge on any atom is -0.376 e. The van der Waals surface area contributed by atoms with E-state index in [1.807, 2.05) is 13.8 Å². The summed E-state index contributed by atoms with van der Waals surface area (Å²) < 4.78 is 73.2. The molecule has 6 heteroatoms. The van der Waals surface area contributed by atoms with Crippen molar-refractivity contribution in [2.24, 2.45) is 0 Å². The molecule has 1 unspecified atom stereocenters. The van der Waals surface area contributed by atoms with Gasteiger partial charge < -0.3 is 4.74 Å². The summed E-state index contributed by atoms with van der Waals surface area (Å²) in [6.45, 7) is 6.52. The molecule has 0 saturated carbocycles. The molecule has 0 aliphatic carbocycles. The first kappa shape index (κ1) is 24.9. The molecule has 0 aliphatic rings. The predicted molar refractivity (Wildman–Crippen MR) is 102 cm³/mol. The molecule has 0 bridgehead atoms. The number of halogens is 5. The predicted octanol–water partition coefficient (Wildman–Crippen LogP) is 7.64. The molecular formula is C22H33F5O. The Hall–Kier alpha value is -1.17. The average molecular weight is 408 g/mol. The van der Waals surface area contributed by atoms with E-state index in [0.29, 0.717) is 13.0 Å². The van der Waals surface area contributed by atoms with Gasteiger partial charge in [-0.3, -0.25) is 0 Å². The summed E-state index contributed by atoms with van der Waals surface area (Å²) in [5.41, 5.74) is -1.20. The highest BCUT2D eigenvalue weighted by Crippen LogP contribution is 2.29. The van der Waals surface area contributed by atoms with Gasteiger partial charge in [0, 0.05) is 12.2 Å². The smallest absolute Gasteiger partial charge is 0.200 e. The maximum atomic E-state index is 13.8. The first-order valence-corrected chi connectivity index (χ1v) is 10.4. The Kier molecular flexibility index (Phi) is 11.0. The molecule has 0 amide bonds. The summed E-state index contributed by atoms with van der Waals surface area (Å²) in [6.07, 6.45) is 9.58. The molecule has 0 aliphatic heterocycles. The van der Waals surface area contributed by atoms with Crippen molar-refractivity contribution < 1.29 is 26.7 Å². The van der Waals surface area contributed by atoms with Crippen LogP contribution in [0.5, 0.6) is 0 Å². The number of ether oxygens (including phenoxy) is 1. The van der Waals surface area contributed by atoms with Gasteiger partial charge in [0.25, 0.3) is 0 Å². The van der Waals surface area contributed by atoms with Crippen LogP contribution in [0.15, 0.2) is 0 Å². The first-order valence-electron chi connectivity index (χ1n) is 10.4. The standard InChI is InChI=1S/C22H33F5O/c1-4-6-7-8-9-10-11-14-22(3,28-5-2)15-12-13-16-17(23)19(25)21(27)20(26)18(16)24/h4-15H2,1-3H3. The monoisotopic (exact) mass is 408 g/mol. The van der Waals surface area contributed by atoms with Gasteiger partial charge in [0.15, 0.2) is 23.3 Å². The lowest BCUT2D eigenvalue weighted by Gasteiger charge is -2.30. The fourth-order valence-corrected chi connectivity index (χ4v) is 3.58. The highest BCUT2D eigenvalue weighted by molar-refractivity contribution is 5.24. The van der Waals surface area contributed by atoms with E-state index in [-0.39, 0.29) is 12.8 Å². The molecule has 1 rings (SSSR count). The summed E-state index contributed by atoms with van der Waals surface area (Å²) in [4.78, 5) is 0. The largest absolute Gasteiger partial charge is 0.376 e. The van der Waals surface area contributed by atoms with Crippen molar-refractivity contribution in [1.82, 2.24) is 0 Å². The molecule has 1 atom stereocenters. The summed E-state index contributed by atoms with van der Waals surface area (Å²) >= 11 is 0. The molecule has 0 spiro atoms. The van der Waals surface area contributed by atoms with Crippen LogP contribution in [0.25, 0.3) is 0 Å². The number of hydrogen-bond acceptors (Lipinski definition) is 1. The van der Waals surface area contributed by atoms with Gasteiger partial charge in [0.2, 0.25) is 5.82 Å². The van der Waals surface area contributed by atoms with Crippen molar-refractivity contribution in [2.75, 3.05) is 6.61 Å². The van der Waals surface area contributed by atoms with Crippen LogP contribution in [0.4, 0.5) is 22.0 Å². The van der Waals surface area contributed by atoms with Crippen molar-refractivity contribution in [2.45, 2.75) is 97.0 Å². The van der Waals surface area contributed by atoms with Crippen LogP contribution < -0.4 is 0 Å². The Bertz CT molecular complexity index is 576. The molecular weight excluding hydrogens is 375 g/mol. The minimum absolute atomic E-state index is 0.217. The number of hydrogen-bond donors (Lipinski definition) is 0. The molecule has 0 aromatic heterocycles. The zero-order valence-corrected chi connectivity index (χ0v) is 17.3. The number of rotatable bonds is 14. The topological polar surface area (TPSA) is 9.23 Å². The number of benzene rings is 1. The first-order chi connectivity index (χ1) is 13.3. The summed E-state index contributed by atoms with van der Waals surface area (Å²) in [6, 6.07) is 0. The molecule has 0 radical (unpaired) electrons. The average Bonchev–Trinajstić information content (AvgIpc) is 2.67. The zero-order chi connectivity index (χ0) is 21.2. The third-order valence-electron chi connectivity index (χ3n) is 5.24. The zero-order valence-electron chi connectivity index (χ0n) is 17.3. The van der Waals surface area contributed by atoms with Crippen LogP contribution in [-0.4, -0.2) is 12.2 Å².